The molecule has 96 valence electrons. The Kier molecular flexibility index (Phi) is 3.16. The summed E-state index contributed by atoms with van der Waals surface area (Å²) in [5, 5.41) is 0. The fourth-order valence-electron chi connectivity index (χ4n) is 1.57. The maximum absolute atomic E-state index is 12.4. The largest absolute Gasteiger partial charge is 0.456 e. The average molecular weight is 322 g/mol. The SMILES string of the molecule is NCc1nc(C(=O)C(F)(F)F)c2ccc(Br)cn12. The lowest BCUT2D eigenvalue weighted by Crippen LogP contribution is -2.23. The lowest BCUT2D eigenvalue weighted by molar-refractivity contribution is -0.0887. The van der Waals surface area contributed by atoms with E-state index in [1.54, 1.807) is 0 Å². The molecule has 0 atom stereocenters. The Morgan fingerprint density at radius 2 is 2.11 bits per heavy atom. The van der Waals surface area contributed by atoms with Crippen LogP contribution < -0.4 is 5.73 Å². The first kappa shape index (κ1) is 13.0. The predicted molar refractivity (Wildman–Crippen MR) is 61.2 cm³/mol. The number of aromatic nitrogens is 2. The van der Waals surface area contributed by atoms with E-state index in [0.29, 0.717) is 4.47 Å². The van der Waals surface area contributed by atoms with Gasteiger partial charge in [0.25, 0.3) is 5.78 Å². The van der Waals surface area contributed by atoms with Gasteiger partial charge in [-0.1, -0.05) is 0 Å². The van der Waals surface area contributed by atoms with Crippen LogP contribution >= 0.6 is 15.9 Å². The number of nitrogens with zero attached hydrogens (tertiary/aromatic N) is 2. The molecule has 0 fully saturated rings. The second-order valence-electron chi connectivity index (χ2n) is 3.51. The lowest BCUT2D eigenvalue weighted by Gasteiger charge is -2.02. The molecule has 0 amide bonds. The van der Waals surface area contributed by atoms with Crippen LogP contribution in [0.15, 0.2) is 22.8 Å². The molecule has 0 radical (unpaired) electrons. The molecular formula is C10H7BrF3N3O. The fraction of sp³-hybridized carbons (Fsp3) is 0.200. The van der Waals surface area contributed by atoms with Crippen LogP contribution in [0.25, 0.3) is 5.52 Å². The summed E-state index contributed by atoms with van der Waals surface area (Å²) in [5.74, 6) is -1.78. The molecule has 2 aromatic heterocycles. The van der Waals surface area contributed by atoms with E-state index in [0.717, 1.165) is 0 Å². The van der Waals surface area contributed by atoms with Gasteiger partial charge in [0.1, 0.15) is 11.5 Å². The Balaban J connectivity index is 2.70. The Bertz CT molecular complexity index is 621. The number of Topliss-reactive ketones (excluding diaryl/α,β-unsaturated/α-hetero) is 1. The molecule has 2 N–H and O–H groups in total. The summed E-state index contributed by atoms with van der Waals surface area (Å²) < 4.78 is 39.3. The van der Waals surface area contributed by atoms with Gasteiger partial charge in [-0.2, -0.15) is 13.2 Å². The third-order valence-electron chi connectivity index (χ3n) is 2.33. The van der Waals surface area contributed by atoms with Crippen LogP contribution in [-0.4, -0.2) is 21.3 Å². The van der Waals surface area contributed by atoms with Crippen LogP contribution in [0.5, 0.6) is 0 Å². The van der Waals surface area contributed by atoms with Crippen LogP contribution in [-0.2, 0) is 6.54 Å². The van der Waals surface area contributed by atoms with Crippen LogP contribution in [0.4, 0.5) is 13.2 Å². The number of halogens is 4. The highest BCUT2D eigenvalue weighted by Crippen LogP contribution is 2.25. The van der Waals surface area contributed by atoms with Gasteiger partial charge >= 0.3 is 6.18 Å². The first-order valence-corrected chi connectivity index (χ1v) is 5.62. The molecule has 0 aliphatic carbocycles. The topological polar surface area (TPSA) is 60.4 Å². The van der Waals surface area contributed by atoms with Crippen molar-refractivity contribution in [2.24, 2.45) is 5.73 Å². The van der Waals surface area contributed by atoms with Crippen molar-refractivity contribution < 1.29 is 18.0 Å². The third kappa shape index (κ3) is 2.13. The summed E-state index contributed by atoms with van der Waals surface area (Å²) >= 11 is 3.18. The van der Waals surface area contributed by atoms with Crippen molar-refractivity contribution in [2.45, 2.75) is 12.7 Å². The fourth-order valence-corrected chi connectivity index (χ4v) is 1.90. The summed E-state index contributed by atoms with van der Waals surface area (Å²) in [4.78, 5) is 14.9. The van der Waals surface area contributed by atoms with Gasteiger partial charge in [-0.05, 0) is 28.1 Å². The highest BCUT2D eigenvalue weighted by Gasteiger charge is 2.42. The van der Waals surface area contributed by atoms with E-state index in [1.165, 1.54) is 22.7 Å². The highest BCUT2D eigenvalue weighted by atomic mass is 79.9. The van der Waals surface area contributed by atoms with E-state index in [-0.39, 0.29) is 17.9 Å². The standard InChI is InChI=1S/C10H7BrF3N3O/c11-5-1-2-6-8(9(18)10(12,13)14)16-7(3-15)17(6)4-5/h1-2,4H,3,15H2. The predicted octanol–water partition coefficient (Wildman–Crippen LogP) is 2.30. The minimum Gasteiger partial charge on any atom is -0.324 e. The highest BCUT2D eigenvalue weighted by molar-refractivity contribution is 9.10. The Labute approximate surface area is 108 Å². The number of alkyl halides is 3. The normalized spacial score (nSPS) is 12.1. The van der Waals surface area contributed by atoms with Gasteiger partial charge in [-0.15, -0.1) is 0 Å². The Morgan fingerprint density at radius 3 is 2.67 bits per heavy atom. The van der Waals surface area contributed by atoms with E-state index in [1.807, 2.05) is 0 Å². The number of hydrogen-bond acceptors (Lipinski definition) is 3. The number of carbonyl (C=O) groups is 1. The molecule has 0 saturated carbocycles. The molecule has 4 nitrogen and oxygen atoms in total. The molecule has 2 aromatic rings. The van der Waals surface area contributed by atoms with Gasteiger partial charge in [-0.3, -0.25) is 4.79 Å². The van der Waals surface area contributed by atoms with E-state index in [9.17, 15) is 18.0 Å². The first-order chi connectivity index (χ1) is 8.34. The van der Waals surface area contributed by atoms with Crippen molar-refractivity contribution in [2.75, 3.05) is 0 Å². The zero-order valence-corrected chi connectivity index (χ0v) is 10.4. The lowest BCUT2D eigenvalue weighted by atomic mass is 10.2. The minimum atomic E-state index is -4.95. The summed E-state index contributed by atoms with van der Waals surface area (Å²) in [7, 11) is 0. The monoisotopic (exact) mass is 321 g/mol. The Hall–Kier alpha value is -1.41. The van der Waals surface area contributed by atoms with Crippen molar-refractivity contribution in [1.82, 2.24) is 9.38 Å². The maximum Gasteiger partial charge on any atom is 0.456 e. The smallest absolute Gasteiger partial charge is 0.324 e. The number of pyridine rings is 1. The number of carbonyl (C=O) groups excluding carboxylic acids is 1. The summed E-state index contributed by atoms with van der Waals surface area (Å²) in [5.41, 5.74) is 4.85. The van der Waals surface area contributed by atoms with E-state index >= 15 is 0 Å². The summed E-state index contributed by atoms with van der Waals surface area (Å²) in [6, 6.07) is 2.92. The van der Waals surface area contributed by atoms with Crippen molar-refractivity contribution in [3.63, 3.8) is 0 Å². The molecular weight excluding hydrogens is 315 g/mol. The maximum atomic E-state index is 12.4. The van der Waals surface area contributed by atoms with Crippen molar-refractivity contribution in [3.8, 4) is 0 Å². The zero-order valence-electron chi connectivity index (χ0n) is 8.83. The second-order valence-corrected chi connectivity index (χ2v) is 4.43. The van der Waals surface area contributed by atoms with E-state index < -0.39 is 17.7 Å². The van der Waals surface area contributed by atoms with Crippen LogP contribution in [0, 0.1) is 0 Å². The molecule has 0 aromatic carbocycles. The number of ketones is 1. The van der Waals surface area contributed by atoms with Gasteiger partial charge in [0.15, 0.2) is 0 Å². The third-order valence-corrected chi connectivity index (χ3v) is 2.80. The number of nitrogens with two attached hydrogens (primary N) is 1. The second kappa shape index (κ2) is 4.36. The van der Waals surface area contributed by atoms with Gasteiger partial charge < -0.3 is 10.1 Å². The first-order valence-electron chi connectivity index (χ1n) is 4.82. The van der Waals surface area contributed by atoms with Gasteiger partial charge in [0.2, 0.25) is 0 Å². The van der Waals surface area contributed by atoms with E-state index in [2.05, 4.69) is 20.9 Å². The molecule has 0 bridgehead atoms. The van der Waals surface area contributed by atoms with Crippen LogP contribution in [0.3, 0.4) is 0 Å². The van der Waals surface area contributed by atoms with Crippen LogP contribution in [0.1, 0.15) is 16.3 Å². The van der Waals surface area contributed by atoms with Crippen molar-refractivity contribution >= 4 is 27.2 Å². The zero-order chi connectivity index (χ0) is 13.5. The Morgan fingerprint density at radius 1 is 1.44 bits per heavy atom. The molecule has 0 aliphatic rings. The van der Waals surface area contributed by atoms with E-state index in [4.69, 9.17) is 5.73 Å². The van der Waals surface area contributed by atoms with Crippen molar-refractivity contribution in [3.05, 3.63) is 34.3 Å². The van der Waals surface area contributed by atoms with Gasteiger partial charge in [0.05, 0.1) is 12.1 Å². The number of fused-ring (bicyclic) bond motifs is 1. The molecule has 0 saturated heterocycles. The van der Waals surface area contributed by atoms with Crippen LogP contribution in [0.2, 0.25) is 0 Å². The number of imidazole rings is 1. The molecule has 0 unspecified atom stereocenters. The van der Waals surface area contributed by atoms with Gasteiger partial charge in [-0.25, -0.2) is 4.98 Å². The molecule has 0 aliphatic heterocycles. The molecule has 8 heteroatoms. The van der Waals surface area contributed by atoms with Crippen molar-refractivity contribution in [1.29, 1.82) is 0 Å². The molecule has 18 heavy (non-hydrogen) atoms. The minimum absolute atomic E-state index is 0.0667. The number of rotatable bonds is 2. The molecule has 2 heterocycles. The molecule has 2 rings (SSSR count). The number of hydrogen-bond donors (Lipinski definition) is 1. The average Bonchev–Trinajstić information content (AvgIpc) is 2.64. The van der Waals surface area contributed by atoms with Gasteiger partial charge in [0, 0.05) is 10.7 Å². The summed E-state index contributed by atoms with van der Waals surface area (Å²) in [6.07, 6.45) is -3.44. The summed E-state index contributed by atoms with van der Waals surface area (Å²) in [6.45, 7) is -0.0667. The quantitative estimate of drug-likeness (QED) is 0.863. The molecule has 0 spiro atoms.